The molecule has 1 heterocycles. The minimum Gasteiger partial charge on any atom is -0.327 e. The van der Waals surface area contributed by atoms with Crippen molar-refractivity contribution in [1.82, 2.24) is 9.97 Å². The van der Waals surface area contributed by atoms with Crippen molar-refractivity contribution in [2.75, 3.05) is 0 Å². The molecule has 1 aromatic heterocycles. The second kappa shape index (κ2) is 5.21. The first-order valence-corrected chi connectivity index (χ1v) is 5.54. The molecule has 0 fully saturated rings. The van der Waals surface area contributed by atoms with Crippen LogP contribution in [0, 0.1) is 19.8 Å². The monoisotopic (exact) mass is 207 g/mol. The summed E-state index contributed by atoms with van der Waals surface area (Å²) < 4.78 is 0. The SMILES string of the molecule is Cc1cc(CC(N)CC(C)C)nc(C)n1. The van der Waals surface area contributed by atoms with Crippen LogP contribution in [0.1, 0.15) is 37.5 Å². The molecule has 3 nitrogen and oxygen atoms in total. The van der Waals surface area contributed by atoms with E-state index in [0.29, 0.717) is 5.92 Å². The predicted octanol–water partition coefficient (Wildman–Crippen LogP) is 2.01. The number of hydrogen-bond acceptors (Lipinski definition) is 3. The summed E-state index contributed by atoms with van der Waals surface area (Å²) in [5.74, 6) is 1.48. The van der Waals surface area contributed by atoms with Gasteiger partial charge in [0.2, 0.25) is 0 Å². The molecule has 0 aliphatic carbocycles. The van der Waals surface area contributed by atoms with Gasteiger partial charge in [-0.1, -0.05) is 13.8 Å². The van der Waals surface area contributed by atoms with Gasteiger partial charge in [-0.15, -0.1) is 0 Å². The van der Waals surface area contributed by atoms with Crippen molar-refractivity contribution in [1.29, 1.82) is 0 Å². The van der Waals surface area contributed by atoms with Crippen molar-refractivity contribution in [3.8, 4) is 0 Å². The highest BCUT2D eigenvalue weighted by Crippen LogP contribution is 2.08. The Bertz CT molecular complexity index is 300. The Morgan fingerprint density at radius 1 is 1.27 bits per heavy atom. The fourth-order valence-electron chi connectivity index (χ4n) is 1.86. The number of aromatic nitrogens is 2. The Hall–Kier alpha value is -0.960. The summed E-state index contributed by atoms with van der Waals surface area (Å²) in [6.07, 6.45) is 1.89. The molecule has 1 atom stereocenters. The van der Waals surface area contributed by atoms with Gasteiger partial charge < -0.3 is 5.73 Å². The van der Waals surface area contributed by atoms with Gasteiger partial charge in [-0.3, -0.25) is 0 Å². The van der Waals surface area contributed by atoms with E-state index < -0.39 is 0 Å². The molecule has 0 spiro atoms. The van der Waals surface area contributed by atoms with Crippen LogP contribution in [0.5, 0.6) is 0 Å². The maximum Gasteiger partial charge on any atom is 0.125 e. The Morgan fingerprint density at radius 3 is 2.47 bits per heavy atom. The third-order valence-electron chi connectivity index (χ3n) is 2.26. The van der Waals surface area contributed by atoms with Crippen molar-refractivity contribution in [3.63, 3.8) is 0 Å². The summed E-state index contributed by atoms with van der Waals surface area (Å²) in [4.78, 5) is 8.64. The highest BCUT2D eigenvalue weighted by atomic mass is 14.9. The molecule has 0 aliphatic heterocycles. The van der Waals surface area contributed by atoms with Crippen LogP contribution in [0.25, 0.3) is 0 Å². The van der Waals surface area contributed by atoms with Crippen LogP contribution in [-0.2, 0) is 6.42 Å². The molecule has 0 aromatic carbocycles. The quantitative estimate of drug-likeness (QED) is 0.821. The van der Waals surface area contributed by atoms with E-state index in [1.54, 1.807) is 0 Å². The van der Waals surface area contributed by atoms with E-state index >= 15 is 0 Å². The fraction of sp³-hybridized carbons (Fsp3) is 0.667. The smallest absolute Gasteiger partial charge is 0.125 e. The van der Waals surface area contributed by atoms with Gasteiger partial charge >= 0.3 is 0 Å². The maximum absolute atomic E-state index is 6.05. The number of hydrogen-bond donors (Lipinski definition) is 1. The molecule has 1 unspecified atom stereocenters. The van der Waals surface area contributed by atoms with Gasteiger partial charge in [-0.2, -0.15) is 0 Å². The topological polar surface area (TPSA) is 51.8 Å². The maximum atomic E-state index is 6.05. The van der Waals surface area contributed by atoms with Gasteiger partial charge in [0.15, 0.2) is 0 Å². The molecule has 1 aromatic rings. The minimum absolute atomic E-state index is 0.207. The van der Waals surface area contributed by atoms with E-state index in [-0.39, 0.29) is 6.04 Å². The highest BCUT2D eigenvalue weighted by molar-refractivity contribution is 5.10. The standard InChI is InChI=1S/C12H21N3/c1-8(2)5-11(13)7-12-6-9(3)14-10(4)15-12/h6,8,11H,5,7,13H2,1-4H3. The lowest BCUT2D eigenvalue weighted by atomic mass is 10.0. The molecule has 0 radical (unpaired) electrons. The molecule has 84 valence electrons. The zero-order valence-electron chi connectivity index (χ0n) is 10.1. The van der Waals surface area contributed by atoms with Crippen LogP contribution in [0.4, 0.5) is 0 Å². The lowest BCUT2D eigenvalue weighted by Crippen LogP contribution is -2.25. The summed E-state index contributed by atoms with van der Waals surface area (Å²) in [6, 6.07) is 2.23. The lowest BCUT2D eigenvalue weighted by molar-refractivity contribution is 0.490. The highest BCUT2D eigenvalue weighted by Gasteiger charge is 2.08. The largest absolute Gasteiger partial charge is 0.327 e. The molecule has 0 saturated heterocycles. The molecule has 15 heavy (non-hydrogen) atoms. The Kier molecular flexibility index (Phi) is 4.21. The zero-order valence-corrected chi connectivity index (χ0v) is 10.1. The number of aryl methyl sites for hydroxylation is 2. The van der Waals surface area contributed by atoms with Crippen LogP contribution in [0.2, 0.25) is 0 Å². The Morgan fingerprint density at radius 2 is 1.93 bits per heavy atom. The molecular formula is C12H21N3. The fourth-order valence-corrected chi connectivity index (χ4v) is 1.86. The molecule has 1 rings (SSSR count). The molecular weight excluding hydrogens is 186 g/mol. The Labute approximate surface area is 92.1 Å². The van der Waals surface area contributed by atoms with Crippen LogP contribution in [-0.4, -0.2) is 16.0 Å². The second-order valence-corrected chi connectivity index (χ2v) is 4.64. The molecule has 3 heteroatoms. The lowest BCUT2D eigenvalue weighted by Gasteiger charge is -2.13. The summed E-state index contributed by atoms with van der Waals surface area (Å²) in [6.45, 7) is 8.29. The van der Waals surface area contributed by atoms with Gasteiger partial charge in [0.05, 0.1) is 0 Å². The number of nitrogens with two attached hydrogens (primary N) is 1. The predicted molar refractivity (Wildman–Crippen MR) is 62.6 cm³/mol. The summed E-state index contributed by atoms with van der Waals surface area (Å²) >= 11 is 0. The Balaban J connectivity index is 2.63. The van der Waals surface area contributed by atoms with Crippen molar-refractivity contribution >= 4 is 0 Å². The van der Waals surface area contributed by atoms with Crippen molar-refractivity contribution in [2.24, 2.45) is 11.7 Å². The molecule has 0 saturated carbocycles. The van der Waals surface area contributed by atoms with Gasteiger partial charge in [0.1, 0.15) is 5.82 Å². The van der Waals surface area contributed by atoms with E-state index in [0.717, 1.165) is 30.1 Å². The van der Waals surface area contributed by atoms with E-state index in [2.05, 4.69) is 23.8 Å². The van der Waals surface area contributed by atoms with E-state index in [1.165, 1.54) is 0 Å². The summed E-state index contributed by atoms with van der Waals surface area (Å²) in [5.41, 5.74) is 8.13. The van der Waals surface area contributed by atoms with Crippen LogP contribution >= 0.6 is 0 Å². The van der Waals surface area contributed by atoms with Crippen LogP contribution < -0.4 is 5.73 Å². The number of nitrogens with zero attached hydrogens (tertiary/aromatic N) is 2. The molecule has 0 bridgehead atoms. The average Bonchev–Trinajstić information content (AvgIpc) is 1.98. The molecule has 0 amide bonds. The minimum atomic E-state index is 0.207. The normalized spacial score (nSPS) is 13.2. The van der Waals surface area contributed by atoms with E-state index in [1.807, 2.05) is 19.9 Å². The third-order valence-corrected chi connectivity index (χ3v) is 2.26. The van der Waals surface area contributed by atoms with Gasteiger partial charge in [0, 0.05) is 23.9 Å². The number of rotatable bonds is 4. The van der Waals surface area contributed by atoms with Crippen molar-refractivity contribution < 1.29 is 0 Å². The first-order valence-electron chi connectivity index (χ1n) is 5.54. The van der Waals surface area contributed by atoms with Gasteiger partial charge in [0.25, 0.3) is 0 Å². The zero-order chi connectivity index (χ0) is 11.4. The van der Waals surface area contributed by atoms with Crippen molar-refractivity contribution in [2.45, 2.75) is 46.6 Å². The second-order valence-electron chi connectivity index (χ2n) is 4.64. The molecule has 0 aliphatic rings. The van der Waals surface area contributed by atoms with E-state index in [9.17, 15) is 0 Å². The average molecular weight is 207 g/mol. The molecule has 2 N–H and O–H groups in total. The van der Waals surface area contributed by atoms with E-state index in [4.69, 9.17) is 5.73 Å². The summed E-state index contributed by atoms with van der Waals surface area (Å²) in [7, 11) is 0. The van der Waals surface area contributed by atoms with Crippen LogP contribution in [0.3, 0.4) is 0 Å². The van der Waals surface area contributed by atoms with Crippen LogP contribution in [0.15, 0.2) is 6.07 Å². The van der Waals surface area contributed by atoms with Gasteiger partial charge in [-0.25, -0.2) is 9.97 Å². The van der Waals surface area contributed by atoms with Gasteiger partial charge in [-0.05, 0) is 32.3 Å². The third kappa shape index (κ3) is 4.38. The first-order chi connectivity index (χ1) is 6.97. The summed E-state index contributed by atoms with van der Waals surface area (Å²) in [5, 5.41) is 0. The first kappa shape index (κ1) is 12.1. The van der Waals surface area contributed by atoms with Crippen molar-refractivity contribution in [3.05, 3.63) is 23.3 Å².